The number of carbonyl (C=O) groups excluding carboxylic acids is 2. The van der Waals surface area contributed by atoms with Gasteiger partial charge in [-0.15, -0.1) is 10.2 Å². The molecule has 132 valence electrons. The topological polar surface area (TPSA) is 75.2 Å². The van der Waals surface area contributed by atoms with Crippen molar-refractivity contribution in [1.29, 1.82) is 0 Å². The van der Waals surface area contributed by atoms with E-state index in [0.29, 0.717) is 11.0 Å². The van der Waals surface area contributed by atoms with Gasteiger partial charge in [0.25, 0.3) is 0 Å². The summed E-state index contributed by atoms with van der Waals surface area (Å²) in [5, 5.41) is 12.4. The molecule has 1 fully saturated rings. The lowest BCUT2D eigenvalue weighted by Crippen LogP contribution is -2.29. The van der Waals surface area contributed by atoms with E-state index >= 15 is 0 Å². The van der Waals surface area contributed by atoms with Crippen molar-refractivity contribution in [3.05, 3.63) is 40.9 Å². The number of nitrogens with zero attached hydrogens (tertiary/aromatic N) is 3. The molecule has 1 saturated heterocycles. The number of likely N-dealkylation sites (tertiary alicyclic amines) is 1. The normalized spacial score (nSPS) is 20.3. The maximum atomic E-state index is 12.8. The van der Waals surface area contributed by atoms with Crippen LogP contribution in [0.1, 0.15) is 36.9 Å². The minimum atomic E-state index is -0.433. The van der Waals surface area contributed by atoms with E-state index in [-0.39, 0.29) is 24.3 Å². The summed E-state index contributed by atoms with van der Waals surface area (Å²) in [4.78, 5) is 26.6. The number of hydrogen-bond donors (Lipinski definition) is 1. The van der Waals surface area contributed by atoms with E-state index in [1.165, 1.54) is 11.3 Å². The fourth-order valence-corrected chi connectivity index (χ4v) is 4.10. The van der Waals surface area contributed by atoms with Crippen LogP contribution in [-0.4, -0.2) is 34.0 Å². The van der Waals surface area contributed by atoms with Crippen LogP contribution in [0.2, 0.25) is 0 Å². The number of hydrogen-bond acceptors (Lipinski definition) is 5. The van der Waals surface area contributed by atoms with E-state index in [1.807, 2.05) is 30.3 Å². The Morgan fingerprint density at radius 3 is 2.72 bits per heavy atom. The lowest BCUT2D eigenvalue weighted by Gasteiger charge is -2.24. The van der Waals surface area contributed by atoms with Crippen molar-refractivity contribution in [3.8, 4) is 0 Å². The van der Waals surface area contributed by atoms with Crippen molar-refractivity contribution >= 4 is 28.3 Å². The molecule has 1 aliphatic heterocycles. The Labute approximate surface area is 151 Å². The van der Waals surface area contributed by atoms with Gasteiger partial charge in [-0.1, -0.05) is 55.5 Å². The minimum Gasteiger partial charge on any atom is -0.338 e. The molecule has 0 radical (unpaired) electrons. The molecule has 2 heterocycles. The minimum absolute atomic E-state index is 0.0215. The first-order valence-corrected chi connectivity index (χ1v) is 9.21. The van der Waals surface area contributed by atoms with Crippen molar-refractivity contribution in [3.63, 3.8) is 0 Å². The number of benzene rings is 1. The summed E-state index contributed by atoms with van der Waals surface area (Å²) >= 11 is 1.39. The van der Waals surface area contributed by atoms with E-state index in [2.05, 4.69) is 29.4 Å². The third-order valence-electron chi connectivity index (χ3n) is 4.34. The highest BCUT2D eigenvalue weighted by Gasteiger charge is 2.42. The van der Waals surface area contributed by atoms with Gasteiger partial charge in [0.05, 0.1) is 12.0 Å². The van der Waals surface area contributed by atoms with E-state index in [0.717, 1.165) is 17.0 Å². The van der Waals surface area contributed by atoms with E-state index in [4.69, 9.17) is 0 Å². The molecule has 0 spiro atoms. The van der Waals surface area contributed by atoms with Crippen LogP contribution in [0, 0.1) is 11.8 Å². The van der Waals surface area contributed by atoms with Gasteiger partial charge < -0.3 is 10.2 Å². The van der Waals surface area contributed by atoms with Crippen LogP contribution >= 0.6 is 11.3 Å². The molecule has 1 N–H and O–H groups in total. The summed E-state index contributed by atoms with van der Waals surface area (Å²) in [5.41, 5.74) is 0.966. The Morgan fingerprint density at radius 1 is 1.32 bits per heavy atom. The van der Waals surface area contributed by atoms with Gasteiger partial charge in [-0.25, -0.2) is 0 Å². The number of nitrogens with one attached hydrogen (secondary N) is 1. The largest absolute Gasteiger partial charge is 0.338 e. The third kappa shape index (κ3) is 3.87. The lowest BCUT2D eigenvalue weighted by atomic mass is 9.93. The van der Waals surface area contributed by atoms with E-state index < -0.39 is 5.92 Å². The Balaban J connectivity index is 1.76. The molecular formula is C18H22N4O2S. The number of amides is 2. The zero-order valence-corrected chi connectivity index (χ0v) is 15.4. The number of anilines is 1. The highest BCUT2D eigenvalue weighted by atomic mass is 32.1. The van der Waals surface area contributed by atoms with Gasteiger partial charge in [0, 0.05) is 19.9 Å². The number of aromatic nitrogens is 2. The second kappa shape index (κ2) is 7.31. The second-order valence-electron chi connectivity index (χ2n) is 6.76. The molecule has 2 atom stereocenters. The van der Waals surface area contributed by atoms with Crippen LogP contribution in [0.15, 0.2) is 30.3 Å². The van der Waals surface area contributed by atoms with Gasteiger partial charge in [0.1, 0.15) is 5.01 Å². The quantitative estimate of drug-likeness (QED) is 0.892. The zero-order valence-electron chi connectivity index (χ0n) is 14.6. The zero-order chi connectivity index (χ0) is 18.0. The van der Waals surface area contributed by atoms with Crippen LogP contribution in [0.5, 0.6) is 0 Å². The summed E-state index contributed by atoms with van der Waals surface area (Å²) in [5.74, 6) is -0.150. The summed E-state index contributed by atoms with van der Waals surface area (Å²) in [6.07, 6.45) is 1.05. The predicted molar refractivity (Wildman–Crippen MR) is 97.1 cm³/mol. The van der Waals surface area contributed by atoms with Crippen LogP contribution in [0.4, 0.5) is 5.13 Å². The van der Waals surface area contributed by atoms with Crippen molar-refractivity contribution in [2.45, 2.75) is 32.7 Å². The molecule has 25 heavy (non-hydrogen) atoms. The maximum Gasteiger partial charge on any atom is 0.232 e. The van der Waals surface area contributed by atoms with Crippen LogP contribution < -0.4 is 5.32 Å². The Bertz CT molecular complexity index is 759. The van der Waals surface area contributed by atoms with Crippen molar-refractivity contribution in [2.24, 2.45) is 11.8 Å². The first kappa shape index (κ1) is 17.5. The highest BCUT2D eigenvalue weighted by Crippen LogP contribution is 2.37. The standard InChI is InChI=1S/C18H22N4O2S/c1-11(2)9-14-20-21-18(25-14)19-17(24)13-10-15(23)22(3)16(13)12-7-5-4-6-8-12/h4-8,11,13,16H,9-10H2,1-3H3,(H,19,21,24)/t13-,16+/m0/s1. The van der Waals surface area contributed by atoms with Crippen molar-refractivity contribution in [2.75, 3.05) is 12.4 Å². The molecule has 2 aromatic rings. The second-order valence-corrected chi connectivity index (χ2v) is 7.82. The van der Waals surface area contributed by atoms with Crippen LogP contribution in [-0.2, 0) is 16.0 Å². The summed E-state index contributed by atoms with van der Waals surface area (Å²) in [6, 6.07) is 9.41. The molecule has 2 amide bonds. The maximum absolute atomic E-state index is 12.8. The average molecular weight is 358 g/mol. The van der Waals surface area contributed by atoms with Gasteiger partial charge in [-0.3, -0.25) is 9.59 Å². The molecule has 0 saturated carbocycles. The molecule has 0 aliphatic carbocycles. The smallest absolute Gasteiger partial charge is 0.232 e. The van der Waals surface area contributed by atoms with Gasteiger partial charge in [-0.05, 0) is 11.5 Å². The molecule has 1 aromatic heterocycles. The fraction of sp³-hybridized carbons (Fsp3) is 0.444. The van der Waals surface area contributed by atoms with Crippen LogP contribution in [0.25, 0.3) is 0 Å². The molecular weight excluding hydrogens is 336 g/mol. The summed E-state index contributed by atoms with van der Waals surface area (Å²) in [6.45, 7) is 4.23. The lowest BCUT2D eigenvalue weighted by molar-refractivity contribution is -0.127. The fourth-order valence-electron chi connectivity index (χ4n) is 3.14. The number of rotatable bonds is 5. The SMILES string of the molecule is CC(C)Cc1nnc(NC(=O)[C@H]2CC(=O)N(C)[C@@H]2c2ccccc2)s1. The molecule has 0 unspecified atom stereocenters. The summed E-state index contributed by atoms with van der Waals surface area (Å²) in [7, 11) is 1.75. The molecule has 3 rings (SSSR count). The van der Waals surface area contributed by atoms with Crippen molar-refractivity contribution in [1.82, 2.24) is 15.1 Å². The predicted octanol–water partition coefficient (Wildman–Crippen LogP) is 2.89. The third-order valence-corrected chi connectivity index (χ3v) is 5.21. The monoisotopic (exact) mass is 358 g/mol. The molecule has 1 aromatic carbocycles. The average Bonchev–Trinajstić information content (AvgIpc) is 3.12. The van der Waals surface area contributed by atoms with Gasteiger partial charge in [0.2, 0.25) is 16.9 Å². The van der Waals surface area contributed by atoms with Gasteiger partial charge >= 0.3 is 0 Å². The Kier molecular flexibility index (Phi) is 5.13. The Morgan fingerprint density at radius 2 is 2.04 bits per heavy atom. The highest BCUT2D eigenvalue weighted by molar-refractivity contribution is 7.15. The molecule has 0 bridgehead atoms. The first-order chi connectivity index (χ1) is 12.0. The molecule has 1 aliphatic rings. The first-order valence-electron chi connectivity index (χ1n) is 8.39. The van der Waals surface area contributed by atoms with Gasteiger partial charge in [0.15, 0.2) is 0 Å². The van der Waals surface area contributed by atoms with E-state index in [9.17, 15) is 9.59 Å². The van der Waals surface area contributed by atoms with E-state index in [1.54, 1.807) is 11.9 Å². The van der Waals surface area contributed by atoms with Crippen molar-refractivity contribution < 1.29 is 9.59 Å². The van der Waals surface area contributed by atoms with Gasteiger partial charge in [-0.2, -0.15) is 0 Å². The summed E-state index contributed by atoms with van der Waals surface area (Å²) < 4.78 is 0. The number of carbonyl (C=O) groups is 2. The molecule has 6 nitrogen and oxygen atoms in total. The Hall–Kier alpha value is -2.28. The molecule has 7 heteroatoms. The van der Waals surface area contributed by atoms with Crippen LogP contribution in [0.3, 0.4) is 0 Å².